The maximum absolute atomic E-state index is 6.67. The van der Waals surface area contributed by atoms with Crippen LogP contribution in [0.2, 0.25) is 0 Å². The number of ether oxygens (including phenoxy) is 2. The number of nitrogens with zero attached hydrogens (tertiary/aromatic N) is 6. The van der Waals surface area contributed by atoms with Crippen LogP contribution in [0.4, 0.5) is 0 Å². The van der Waals surface area contributed by atoms with E-state index in [0.717, 1.165) is 55.4 Å². The van der Waals surface area contributed by atoms with Gasteiger partial charge < -0.3 is 24.0 Å². The molecule has 8 nitrogen and oxygen atoms in total. The van der Waals surface area contributed by atoms with E-state index in [4.69, 9.17) is 9.47 Å². The first-order chi connectivity index (χ1) is 25.5. The van der Waals surface area contributed by atoms with E-state index in [1.807, 2.05) is 77.4 Å². The molecule has 4 aromatic carbocycles. The Morgan fingerprint density at radius 3 is 1.38 bits per heavy atom. The van der Waals surface area contributed by atoms with Crippen molar-refractivity contribution in [3.63, 3.8) is 0 Å². The molecule has 8 aromatic rings. The van der Waals surface area contributed by atoms with Gasteiger partial charge in [-0.1, -0.05) is 99.8 Å². The fraction of sp³-hybridized carbons (Fsp3) is 0.178. The van der Waals surface area contributed by atoms with Crippen molar-refractivity contribution >= 4 is 21.8 Å². The van der Waals surface area contributed by atoms with Gasteiger partial charge in [0.1, 0.15) is 12.7 Å². The van der Waals surface area contributed by atoms with Crippen LogP contribution in [0, 0.1) is 24.3 Å². The topological polar surface area (TPSA) is 87.8 Å². The van der Waals surface area contributed by atoms with Crippen LogP contribution in [0.25, 0.3) is 50.3 Å². The van der Waals surface area contributed by atoms with Gasteiger partial charge in [-0.3, -0.25) is 0 Å². The Kier molecular flexibility index (Phi) is 11.5. The quantitative estimate of drug-likeness (QED) is 0.116. The zero-order valence-corrected chi connectivity index (χ0v) is 34.1. The molecule has 278 valence electrons. The number of aromatic nitrogens is 6. The van der Waals surface area contributed by atoms with E-state index >= 15 is 0 Å². The van der Waals surface area contributed by atoms with E-state index in [1.54, 1.807) is 12.4 Å². The van der Waals surface area contributed by atoms with Crippen molar-refractivity contribution < 1.29 is 50.3 Å². The van der Waals surface area contributed by atoms with Gasteiger partial charge in [0.05, 0.1) is 0 Å². The zero-order valence-electron chi connectivity index (χ0n) is 31.0. The van der Waals surface area contributed by atoms with E-state index in [2.05, 4.69) is 103 Å². The third-order valence-corrected chi connectivity index (χ3v) is 8.92. The zero-order chi connectivity index (χ0) is 36.7. The molecule has 0 unspecified atom stereocenters. The van der Waals surface area contributed by atoms with Gasteiger partial charge in [0.2, 0.25) is 5.95 Å². The normalized spacial score (nSPS) is 11.5. The first-order valence-electron chi connectivity index (χ1n) is 17.4. The van der Waals surface area contributed by atoms with Gasteiger partial charge in [-0.2, -0.15) is 22.9 Å². The van der Waals surface area contributed by atoms with Gasteiger partial charge in [-0.25, -0.2) is 15.0 Å². The summed E-state index contributed by atoms with van der Waals surface area (Å²) in [4.78, 5) is 22.3. The molecule has 0 aliphatic heterocycles. The van der Waals surface area contributed by atoms with E-state index in [9.17, 15) is 0 Å². The van der Waals surface area contributed by atoms with E-state index in [-0.39, 0.29) is 51.7 Å². The second-order valence-electron chi connectivity index (χ2n) is 14.8. The van der Waals surface area contributed by atoms with Crippen molar-refractivity contribution in [1.82, 2.24) is 29.5 Å². The molecule has 0 saturated heterocycles. The number of hydrogen-bond donors (Lipinski definition) is 0. The molecule has 0 fully saturated rings. The molecule has 0 amide bonds. The van der Waals surface area contributed by atoms with E-state index in [1.165, 1.54) is 12.7 Å². The van der Waals surface area contributed by atoms with Crippen LogP contribution in [0.15, 0.2) is 110 Å². The molecule has 10 heteroatoms. The van der Waals surface area contributed by atoms with Crippen LogP contribution >= 0.6 is 0 Å². The van der Waals surface area contributed by atoms with Crippen molar-refractivity contribution in [3.05, 3.63) is 145 Å². The predicted molar refractivity (Wildman–Crippen MR) is 206 cm³/mol. The predicted octanol–water partition coefficient (Wildman–Crippen LogP) is 10.5. The Hall–Kier alpha value is -5.09. The van der Waals surface area contributed by atoms with Gasteiger partial charge in [0, 0.05) is 35.4 Å². The van der Waals surface area contributed by atoms with Gasteiger partial charge in [0.25, 0.3) is 0 Å². The first kappa shape index (κ1) is 39.6. The van der Waals surface area contributed by atoms with Crippen LogP contribution in [-0.4, -0.2) is 29.5 Å². The van der Waals surface area contributed by atoms with Crippen LogP contribution in [0.1, 0.15) is 52.7 Å². The standard InChI is InChI=1S/C45H36N6O2.2Pd/c1-44(2,3)35-23-33-34-24-36(45(4,5)6)42(53-32-16-12-14-30(22-32)38-18-8-10-20-48-38)26-40(34)51(43-49-27-46-28-50-43)39(33)25-41(35)52-31-15-11-13-29(21-31)37-17-7-9-19-47-37;;/h7-20,23-24,27-28H,1-6H3;;/q-4;2*+2. The third kappa shape index (κ3) is 8.15. The summed E-state index contributed by atoms with van der Waals surface area (Å²) in [5.41, 5.74) is 6.12. The van der Waals surface area contributed by atoms with Crippen LogP contribution < -0.4 is 9.47 Å². The van der Waals surface area contributed by atoms with Gasteiger partial charge >= 0.3 is 40.8 Å². The van der Waals surface area contributed by atoms with Crippen LogP contribution in [0.3, 0.4) is 0 Å². The largest absolute Gasteiger partial charge is 2.00 e. The Balaban J connectivity index is 0.00000257. The Bertz CT molecular complexity index is 2420. The third-order valence-electron chi connectivity index (χ3n) is 8.92. The molecule has 0 bridgehead atoms. The first-order valence-corrected chi connectivity index (χ1v) is 17.4. The fourth-order valence-electron chi connectivity index (χ4n) is 6.32. The second kappa shape index (κ2) is 15.9. The van der Waals surface area contributed by atoms with Crippen molar-refractivity contribution in [3.8, 4) is 51.5 Å². The minimum atomic E-state index is -0.297. The van der Waals surface area contributed by atoms with E-state index < -0.39 is 0 Å². The molecule has 0 radical (unpaired) electrons. The molecule has 4 aromatic heterocycles. The average molecular weight is 906 g/mol. The molecule has 0 aliphatic rings. The summed E-state index contributed by atoms with van der Waals surface area (Å²) in [5, 5.41) is 1.92. The minimum absolute atomic E-state index is 0. The maximum Gasteiger partial charge on any atom is 2.00 e. The fourth-order valence-corrected chi connectivity index (χ4v) is 6.32. The Morgan fingerprint density at radius 2 is 0.982 bits per heavy atom. The molecule has 0 spiro atoms. The summed E-state index contributed by atoms with van der Waals surface area (Å²) in [7, 11) is 0. The SMILES string of the molecule is CC(C)(C)c1cc2c3cc(C(C)(C)C)c(Oc4[c-]c(-c5ccccn5)ccc4)[c-]c3n(-c3ncncn3)c2[c-]c1Oc1[c-]c(-c2ccccn2)ccc1.[Pd+2].[Pd+2]. The molecule has 0 saturated carbocycles. The van der Waals surface area contributed by atoms with Crippen LogP contribution in [-0.2, 0) is 51.7 Å². The molecule has 0 N–H and O–H groups in total. The Labute approximate surface area is 348 Å². The summed E-state index contributed by atoms with van der Waals surface area (Å²) >= 11 is 0. The number of benzene rings is 4. The van der Waals surface area contributed by atoms with E-state index in [0.29, 0.717) is 28.9 Å². The van der Waals surface area contributed by atoms with Crippen molar-refractivity contribution in [2.45, 2.75) is 52.4 Å². The average Bonchev–Trinajstić information content (AvgIpc) is 3.47. The molecular formula is C45H36N6O2Pd2. The summed E-state index contributed by atoms with van der Waals surface area (Å²) < 4.78 is 15.3. The smallest absolute Gasteiger partial charge is 0.503 e. The van der Waals surface area contributed by atoms with Gasteiger partial charge in [-0.05, 0) is 23.5 Å². The summed E-state index contributed by atoms with van der Waals surface area (Å²) in [6.45, 7) is 13.0. The maximum atomic E-state index is 6.67. The van der Waals surface area contributed by atoms with Gasteiger partial charge in [-0.15, -0.1) is 70.8 Å². The summed E-state index contributed by atoms with van der Waals surface area (Å²) in [6.07, 6.45) is 6.51. The van der Waals surface area contributed by atoms with Crippen molar-refractivity contribution in [1.29, 1.82) is 0 Å². The van der Waals surface area contributed by atoms with Gasteiger partial charge in [0.15, 0.2) is 0 Å². The Morgan fingerprint density at radius 1 is 0.527 bits per heavy atom. The van der Waals surface area contributed by atoms with Crippen molar-refractivity contribution in [2.75, 3.05) is 0 Å². The van der Waals surface area contributed by atoms with Crippen molar-refractivity contribution in [2.24, 2.45) is 0 Å². The number of fused-ring (bicyclic) bond motifs is 3. The summed E-state index contributed by atoms with van der Waals surface area (Å²) in [5.74, 6) is 2.68. The minimum Gasteiger partial charge on any atom is -0.503 e. The number of pyridine rings is 2. The monoisotopic (exact) mass is 904 g/mol. The molecule has 8 rings (SSSR count). The number of hydrogen-bond acceptors (Lipinski definition) is 7. The molecule has 55 heavy (non-hydrogen) atoms. The number of rotatable bonds is 7. The van der Waals surface area contributed by atoms with Crippen LogP contribution in [0.5, 0.6) is 23.0 Å². The second-order valence-corrected chi connectivity index (χ2v) is 14.8. The molecule has 0 atom stereocenters. The molecular weight excluding hydrogens is 869 g/mol. The molecule has 4 heterocycles. The molecule has 0 aliphatic carbocycles. The summed E-state index contributed by atoms with van der Waals surface area (Å²) in [6, 6.07) is 41.7.